The molecule has 0 aliphatic rings. The number of rotatable bonds is 1. The molecular weight excluding hydrogens is 286 g/mol. The van der Waals surface area contributed by atoms with Gasteiger partial charge in [0.1, 0.15) is 5.60 Å². The standard InChI is InChI=1S/C15H17N3O2S/c1-15(2,3)20-14(19)18-8-7-9-11(18)6-5-10-12(9)21-13(16-4)17-10/h5-8H,1-4H3,(H,16,17). The summed E-state index contributed by atoms with van der Waals surface area (Å²) in [6.07, 6.45) is 1.38. The van der Waals surface area contributed by atoms with Crippen molar-refractivity contribution in [3.8, 4) is 0 Å². The van der Waals surface area contributed by atoms with Gasteiger partial charge >= 0.3 is 6.09 Å². The van der Waals surface area contributed by atoms with Gasteiger partial charge in [0.15, 0.2) is 5.13 Å². The first-order valence-corrected chi connectivity index (χ1v) is 7.52. The van der Waals surface area contributed by atoms with E-state index in [0.717, 1.165) is 26.3 Å². The fourth-order valence-electron chi connectivity index (χ4n) is 2.18. The lowest BCUT2D eigenvalue weighted by Gasteiger charge is -2.19. The molecule has 0 unspecified atom stereocenters. The lowest BCUT2D eigenvalue weighted by atomic mass is 10.2. The highest BCUT2D eigenvalue weighted by Crippen LogP contribution is 2.33. The van der Waals surface area contributed by atoms with Crippen LogP contribution in [-0.4, -0.2) is 28.3 Å². The van der Waals surface area contributed by atoms with Crippen molar-refractivity contribution in [3.05, 3.63) is 24.4 Å². The fraction of sp³-hybridized carbons (Fsp3) is 0.333. The average molecular weight is 303 g/mol. The minimum absolute atomic E-state index is 0.366. The van der Waals surface area contributed by atoms with E-state index in [1.165, 1.54) is 0 Å². The molecular formula is C15H17N3O2S. The Morgan fingerprint density at radius 1 is 1.33 bits per heavy atom. The van der Waals surface area contributed by atoms with Crippen LogP contribution in [0.25, 0.3) is 21.1 Å². The molecule has 0 saturated carbocycles. The summed E-state index contributed by atoms with van der Waals surface area (Å²) in [5, 5.41) is 4.93. The van der Waals surface area contributed by atoms with E-state index in [-0.39, 0.29) is 6.09 Å². The lowest BCUT2D eigenvalue weighted by molar-refractivity contribution is 0.0544. The molecule has 0 aliphatic heterocycles. The lowest BCUT2D eigenvalue weighted by Crippen LogP contribution is -2.26. The summed E-state index contributed by atoms with van der Waals surface area (Å²) in [6.45, 7) is 5.57. The monoisotopic (exact) mass is 303 g/mol. The van der Waals surface area contributed by atoms with Crippen LogP contribution in [-0.2, 0) is 4.74 Å². The van der Waals surface area contributed by atoms with E-state index < -0.39 is 5.60 Å². The summed E-state index contributed by atoms with van der Waals surface area (Å²) < 4.78 is 8.04. The fourth-order valence-corrected chi connectivity index (χ4v) is 3.12. The van der Waals surface area contributed by atoms with Crippen molar-refractivity contribution in [2.45, 2.75) is 26.4 Å². The van der Waals surface area contributed by atoms with Crippen LogP contribution in [0.3, 0.4) is 0 Å². The van der Waals surface area contributed by atoms with Gasteiger partial charge in [-0.15, -0.1) is 0 Å². The molecule has 0 amide bonds. The zero-order chi connectivity index (χ0) is 15.2. The van der Waals surface area contributed by atoms with Gasteiger partial charge < -0.3 is 10.1 Å². The number of thiazole rings is 1. The van der Waals surface area contributed by atoms with Crippen molar-refractivity contribution in [1.82, 2.24) is 9.55 Å². The molecule has 21 heavy (non-hydrogen) atoms. The Kier molecular flexibility index (Phi) is 3.13. The summed E-state index contributed by atoms with van der Waals surface area (Å²) in [5.41, 5.74) is 1.25. The molecule has 2 aromatic heterocycles. The maximum atomic E-state index is 12.2. The van der Waals surface area contributed by atoms with E-state index in [9.17, 15) is 4.79 Å². The Morgan fingerprint density at radius 2 is 2.10 bits per heavy atom. The number of anilines is 1. The zero-order valence-electron chi connectivity index (χ0n) is 12.4. The van der Waals surface area contributed by atoms with Gasteiger partial charge in [-0.25, -0.2) is 9.78 Å². The largest absolute Gasteiger partial charge is 0.443 e. The molecule has 1 N–H and O–H groups in total. The molecule has 5 nitrogen and oxygen atoms in total. The van der Waals surface area contributed by atoms with Crippen LogP contribution in [0.15, 0.2) is 24.4 Å². The Balaban J connectivity index is 2.12. The third-order valence-electron chi connectivity index (χ3n) is 3.03. The van der Waals surface area contributed by atoms with Gasteiger partial charge in [0.05, 0.1) is 15.7 Å². The minimum atomic E-state index is -0.512. The molecule has 0 bridgehead atoms. The maximum Gasteiger partial charge on any atom is 0.418 e. The predicted molar refractivity (Wildman–Crippen MR) is 86.3 cm³/mol. The third kappa shape index (κ3) is 2.47. The number of hydrogen-bond acceptors (Lipinski definition) is 5. The second-order valence-corrected chi connectivity index (χ2v) is 6.78. The number of carbonyl (C=O) groups is 1. The second kappa shape index (κ2) is 4.73. The molecule has 3 aromatic rings. The smallest absolute Gasteiger partial charge is 0.418 e. The molecule has 0 saturated heterocycles. The Labute approximate surface area is 126 Å². The van der Waals surface area contributed by atoms with Gasteiger partial charge in [-0.2, -0.15) is 0 Å². The van der Waals surface area contributed by atoms with E-state index in [2.05, 4.69) is 10.3 Å². The van der Waals surface area contributed by atoms with Crippen molar-refractivity contribution in [2.24, 2.45) is 0 Å². The van der Waals surface area contributed by atoms with Crippen LogP contribution in [0, 0.1) is 0 Å². The molecule has 0 fully saturated rings. The first-order valence-electron chi connectivity index (χ1n) is 6.71. The molecule has 1 aromatic carbocycles. The van der Waals surface area contributed by atoms with E-state index >= 15 is 0 Å². The Morgan fingerprint density at radius 3 is 2.76 bits per heavy atom. The number of aromatic nitrogens is 2. The quantitative estimate of drug-likeness (QED) is 0.736. The van der Waals surface area contributed by atoms with Crippen LogP contribution in [0.4, 0.5) is 9.93 Å². The number of nitrogens with one attached hydrogen (secondary N) is 1. The van der Waals surface area contributed by atoms with E-state index in [0.29, 0.717) is 0 Å². The number of benzene rings is 1. The van der Waals surface area contributed by atoms with Crippen molar-refractivity contribution in [2.75, 3.05) is 12.4 Å². The second-order valence-electron chi connectivity index (χ2n) is 5.78. The van der Waals surface area contributed by atoms with Crippen molar-refractivity contribution >= 4 is 43.7 Å². The van der Waals surface area contributed by atoms with Crippen molar-refractivity contribution < 1.29 is 9.53 Å². The topological polar surface area (TPSA) is 56.2 Å². The van der Waals surface area contributed by atoms with Gasteiger partial charge in [-0.05, 0) is 39.0 Å². The van der Waals surface area contributed by atoms with Crippen LogP contribution in [0.2, 0.25) is 0 Å². The predicted octanol–water partition coefficient (Wildman–Crippen LogP) is 4.08. The normalized spacial score (nSPS) is 12.0. The molecule has 0 aliphatic carbocycles. The number of fused-ring (bicyclic) bond motifs is 3. The number of ether oxygens (including phenoxy) is 1. The first kappa shape index (κ1) is 13.9. The van der Waals surface area contributed by atoms with Gasteiger partial charge in [0, 0.05) is 18.6 Å². The van der Waals surface area contributed by atoms with Crippen LogP contribution in [0.1, 0.15) is 20.8 Å². The number of carbonyl (C=O) groups excluding carboxylic acids is 1. The molecule has 0 radical (unpaired) electrons. The highest BCUT2D eigenvalue weighted by Gasteiger charge is 2.20. The highest BCUT2D eigenvalue weighted by molar-refractivity contribution is 7.23. The molecule has 0 atom stereocenters. The van der Waals surface area contributed by atoms with Gasteiger partial charge in [0.2, 0.25) is 0 Å². The van der Waals surface area contributed by atoms with Crippen LogP contribution >= 0.6 is 11.3 Å². The number of nitrogens with zero attached hydrogens (tertiary/aromatic N) is 2. The summed E-state index contributed by atoms with van der Waals surface area (Å²) >= 11 is 1.58. The molecule has 2 heterocycles. The molecule has 3 rings (SSSR count). The van der Waals surface area contributed by atoms with E-state index in [4.69, 9.17) is 4.74 Å². The van der Waals surface area contributed by atoms with Crippen LogP contribution in [0.5, 0.6) is 0 Å². The average Bonchev–Trinajstić information content (AvgIpc) is 2.99. The van der Waals surface area contributed by atoms with Crippen molar-refractivity contribution in [1.29, 1.82) is 0 Å². The molecule has 110 valence electrons. The number of hydrogen-bond donors (Lipinski definition) is 1. The molecule has 6 heteroatoms. The van der Waals surface area contributed by atoms with Crippen LogP contribution < -0.4 is 5.32 Å². The zero-order valence-corrected chi connectivity index (χ0v) is 13.2. The minimum Gasteiger partial charge on any atom is -0.443 e. The Bertz CT molecular complexity index is 827. The summed E-state index contributed by atoms with van der Waals surface area (Å²) in [7, 11) is 1.85. The first-order chi connectivity index (χ1) is 9.89. The molecule has 0 spiro atoms. The summed E-state index contributed by atoms with van der Waals surface area (Å²) in [6, 6.07) is 5.76. The van der Waals surface area contributed by atoms with Gasteiger partial charge in [0.25, 0.3) is 0 Å². The third-order valence-corrected chi connectivity index (χ3v) is 4.15. The Hall–Kier alpha value is -2.08. The van der Waals surface area contributed by atoms with E-state index in [1.54, 1.807) is 22.1 Å². The summed E-state index contributed by atoms with van der Waals surface area (Å²) in [5.74, 6) is 0. The SMILES string of the molecule is CNc1nc2ccc3c(ccn3C(=O)OC(C)(C)C)c2s1. The summed E-state index contributed by atoms with van der Waals surface area (Å²) in [4.78, 5) is 16.7. The van der Waals surface area contributed by atoms with Crippen molar-refractivity contribution in [3.63, 3.8) is 0 Å². The van der Waals surface area contributed by atoms with E-state index in [1.807, 2.05) is 46.0 Å². The maximum absolute atomic E-state index is 12.2. The highest BCUT2D eigenvalue weighted by atomic mass is 32.1. The van der Waals surface area contributed by atoms with Gasteiger partial charge in [-0.1, -0.05) is 11.3 Å². The van der Waals surface area contributed by atoms with Gasteiger partial charge in [-0.3, -0.25) is 4.57 Å².